The molecule has 0 amide bonds. The zero-order valence-corrected chi connectivity index (χ0v) is 9.86. The van der Waals surface area contributed by atoms with Gasteiger partial charge in [0.2, 0.25) is 0 Å². The molecule has 1 atom stereocenters. The van der Waals surface area contributed by atoms with Crippen molar-refractivity contribution in [3.05, 3.63) is 21.9 Å². The zero-order chi connectivity index (χ0) is 9.97. The maximum absolute atomic E-state index is 3.68. The van der Waals surface area contributed by atoms with Gasteiger partial charge in [-0.1, -0.05) is 6.92 Å². The summed E-state index contributed by atoms with van der Waals surface area (Å²) in [7, 11) is 0. The first-order valence-electron chi connectivity index (χ1n) is 5.60. The molecule has 1 aromatic rings. The summed E-state index contributed by atoms with van der Waals surface area (Å²) in [5.74, 6) is 0.916. The second kappa shape index (κ2) is 4.45. The lowest BCUT2D eigenvalue weighted by atomic mass is 10.1. The van der Waals surface area contributed by atoms with Gasteiger partial charge in [0.15, 0.2) is 0 Å². The minimum atomic E-state index is 0.648. The van der Waals surface area contributed by atoms with E-state index in [4.69, 9.17) is 0 Å². The number of aryl methyl sites for hydroxylation is 1. The molecule has 1 unspecified atom stereocenters. The fraction of sp³-hybridized carbons (Fsp3) is 0.667. The van der Waals surface area contributed by atoms with Crippen molar-refractivity contribution in [2.45, 2.75) is 39.2 Å². The van der Waals surface area contributed by atoms with E-state index in [0.717, 1.165) is 12.5 Å². The van der Waals surface area contributed by atoms with Crippen LogP contribution in [0.3, 0.4) is 0 Å². The molecule has 1 nitrogen and oxygen atoms in total. The highest BCUT2D eigenvalue weighted by Crippen LogP contribution is 2.43. The molecular formula is C12H19NS. The van der Waals surface area contributed by atoms with Crippen molar-refractivity contribution < 1.29 is 0 Å². The van der Waals surface area contributed by atoms with E-state index in [2.05, 4.69) is 30.6 Å². The molecule has 1 fully saturated rings. The van der Waals surface area contributed by atoms with Crippen LogP contribution in [-0.2, 0) is 0 Å². The predicted molar refractivity (Wildman–Crippen MR) is 62.8 cm³/mol. The minimum Gasteiger partial charge on any atom is -0.309 e. The summed E-state index contributed by atoms with van der Waals surface area (Å²) in [5.41, 5.74) is 1.47. The van der Waals surface area contributed by atoms with Crippen LogP contribution in [0.4, 0.5) is 0 Å². The number of hydrogen-bond donors (Lipinski definition) is 1. The molecule has 1 aliphatic rings. The number of nitrogens with one attached hydrogen (secondary N) is 1. The van der Waals surface area contributed by atoms with E-state index in [1.54, 1.807) is 4.88 Å². The van der Waals surface area contributed by atoms with Crippen LogP contribution >= 0.6 is 11.3 Å². The third kappa shape index (κ3) is 2.18. The Morgan fingerprint density at radius 1 is 1.57 bits per heavy atom. The molecule has 1 aromatic heterocycles. The molecule has 1 heterocycles. The largest absolute Gasteiger partial charge is 0.309 e. The van der Waals surface area contributed by atoms with Gasteiger partial charge < -0.3 is 5.32 Å². The highest BCUT2D eigenvalue weighted by Gasteiger charge is 2.33. The van der Waals surface area contributed by atoms with Gasteiger partial charge in [0.05, 0.1) is 0 Å². The maximum Gasteiger partial charge on any atom is 0.0446 e. The summed E-state index contributed by atoms with van der Waals surface area (Å²) >= 11 is 1.91. The first-order valence-corrected chi connectivity index (χ1v) is 6.48. The molecule has 0 aliphatic heterocycles. The van der Waals surface area contributed by atoms with Crippen molar-refractivity contribution in [1.29, 1.82) is 0 Å². The topological polar surface area (TPSA) is 12.0 Å². The van der Waals surface area contributed by atoms with Gasteiger partial charge in [0, 0.05) is 10.9 Å². The van der Waals surface area contributed by atoms with Crippen LogP contribution in [0.5, 0.6) is 0 Å². The van der Waals surface area contributed by atoms with E-state index in [1.165, 1.54) is 24.8 Å². The summed E-state index contributed by atoms with van der Waals surface area (Å²) in [6, 6.07) is 2.89. The molecule has 78 valence electrons. The molecule has 14 heavy (non-hydrogen) atoms. The van der Waals surface area contributed by atoms with Crippen molar-refractivity contribution >= 4 is 11.3 Å². The number of hydrogen-bond acceptors (Lipinski definition) is 2. The van der Waals surface area contributed by atoms with E-state index < -0.39 is 0 Å². The highest BCUT2D eigenvalue weighted by molar-refractivity contribution is 7.10. The van der Waals surface area contributed by atoms with Gasteiger partial charge in [-0.15, -0.1) is 11.3 Å². The third-order valence-electron chi connectivity index (χ3n) is 2.89. The van der Waals surface area contributed by atoms with Crippen LogP contribution in [0, 0.1) is 12.8 Å². The fourth-order valence-electron chi connectivity index (χ4n) is 1.91. The SMILES string of the molecule is CCCNC(c1sccc1C)C1CC1. The summed E-state index contributed by atoms with van der Waals surface area (Å²) in [6.45, 7) is 5.62. The molecule has 0 spiro atoms. The lowest BCUT2D eigenvalue weighted by molar-refractivity contribution is 0.486. The molecule has 0 radical (unpaired) electrons. The second-order valence-corrected chi connectivity index (χ2v) is 5.18. The molecule has 0 aromatic carbocycles. The standard InChI is InChI=1S/C12H19NS/c1-3-7-13-11(10-4-5-10)12-9(2)6-8-14-12/h6,8,10-11,13H,3-5,7H2,1-2H3. The van der Waals surface area contributed by atoms with Crippen LogP contribution in [-0.4, -0.2) is 6.54 Å². The third-order valence-corrected chi connectivity index (χ3v) is 3.99. The lowest BCUT2D eigenvalue weighted by Gasteiger charge is -2.17. The van der Waals surface area contributed by atoms with Crippen molar-refractivity contribution in [3.63, 3.8) is 0 Å². The van der Waals surface area contributed by atoms with Gasteiger partial charge in [-0.25, -0.2) is 0 Å². The van der Waals surface area contributed by atoms with E-state index in [-0.39, 0.29) is 0 Å². The van der Waals surface area contributed by atoms with E-state index in [9.17, 15) is 0 Å². The van der Waals surface area contributed by atoms with Crippen molar-refractivity contribution in [2.75, 3.05) is 6.54 Å². The van der Waals surface area contributed by atoms with E-state index in [1.807, 2.05) is 11.3 Å². The zero-order valence-electron chi connectivity index (χ0n) is 9.05. The van der Waals surface area contributed by atoms with Crippen LogP contribution < -0.4 is 5.32 Å². The molecule has 2 rings (SSSR count). The Bertz CT molecular complexity index is 288. The average molecular weight is 209 g/mol. The second-order valence-electron chi connectivity index (χ2n) is 4.24. The van der Waals surface area contributed by atoms with Gasteiger partial charge in [-0.2, -0.15) is 0 Å². The smallest absolute Gasteiger partial charge is 0.0446 e. The monoisotopic (exact) mass is 209 g/mol. The highest BCUT2D eigenvalue weighted by atomic mass is 32.1. The average Bonchev–Trinajstić information content (AvgIpc) is 2.92. The van der Waals surface area contributed by atoms with Crippen LogP contribution in [0.1, 0.15) is 42.7 Å². The molecule has 1 N–H and O–H groups in total. The first-order chi connectivity index (χ1) is 6.83. The van der Waals surface area contributed by atoms with E-state index in [0.29, 0.717) is 6.04 Å². The molecule has 0 saturated heterocycles. The Hall–Kier alpha value is -0.340. The van der Waals surface area contributed by atoms with Crippen LogP contribution in [0.2, 0.25) is 0 Å². The van der Waals surface area contributed by atoms with Crippen LogP contribution in [0.15, 0.2) is 11.4 Å². The maximum atomic E-state index is 3.68. The molecule has 1 saturated carbocycles. The predicted octanol–water partition coefficient (Wildman–Crippen LogP) is 3.51. The van der Waals surface area contributed by atoms with Crippen molar-refractivity contribution in [1.82, 2.24) is 5.32 Å². The Morgan fingerprint density at radius 3 is 2.86 bits per heavy atom. The Balaban J connectivity index is 2.06. The number of thiophene rings is 1. The Kier molecular flexibility index (Phi) is 3.24. The molecule has 1 aliphatic carbocycles. The summed E-state index contributed by atoms with van der Waals surface area (Å²) < 4.78 is 0. The molecule has 0 bridgehead atoms. The first kappa shape index (κ1) is 10.2. The van der Waals surface area contributed by atoms with Crippen molar-refractivity contribution in [3.8, 4) is 0 Å². The van der Waals surface area contributed by atoms with E-state index >= 15 is 0 Å². The van der Waals surface area contributed by atoms with Gasteiger partial charge in [-0.05, 0) is 55.7 Å². The quantitative estimate of drug-likeness (QED) is 0.782. The van der Waals surface area contributed by atoms with Crippen molar-refractivity contribution in [2.24, 2.45) is 5.92 Å². The minimum absolute atomic E-state index is 0.648. The summed E-state index contributed by atoms with van der Waals surface area (Å²) in [4.78, 5) is 1.57. The summed E-state index contributed by atoms with van der Waals surface area (Å²) in [5, 5.41) is 5.90. The van der Waals surface area contributed by atoms with Gasteiger partial charge in [0.25, 0.3) is 0 Å². The molecule has 2 heteroatoms. The summed E-state index contributed by atoms with van der Waals surface area (Å²) in [6.07, 6.45) is 4.06. The Morgan fingerprint density at radius 2 is 2.36 bits per heavy atom. The van der Waals surface area contributed by atoms with Gasteiger partial charge in [-0.3, -0.25) is 0 Å². The molecular weight excluding hydrogens is 190 g/mol. The van der Waals surface area contributed by atoms with Gasteiger partial charge >= 0.3 is 0 Å². The lowest BCUT2D eigenvalue weighted by Crippen LogP contribution is -2.23. The number of rotatable bonds is 5. The fourth-order valence-corrected chi connectivity index (χ4v) is 3.00. The normalized spacial score (nSPS) is 18.4. The van der Waals surface area contributed by atoms with Crippen LogP contribution in [0.25, 0.3) is 0 Å². The van der Waals surface area contributed by atoms with Gasteiger partial charge in [0.1, 0.15) is 0 Å². The Labute approximate surface area is 90.5 Å².